The number of aromatic nitrogens is 2. The predicted molar refractivity (Wildman–Crippen MR) is 102 cm³/mol. The molecule has 1 heterocycles. The summed E-state index contributed by atoms with van der Waals surface area (Å²) in [5, 5.41) is 12.4. The molecule has 5 nitrogen and oxygen atoms in total. The minimum Gasteiger partial charge on any atom is -0.351 e. The Hall–Kier alpha value is -1.81. The predicted octanol–water partition coefficient (Wildman–Crippen LogP) is 4.65. The highest BCUT2D eigenvalue weighted by atomic mass is 32.2. The van der Waals surface area contributed by atoms with Crippen molar-refractivity contribution in [3.8, 4) is 0 Å². The van der Waals surface area contributed by atoms with Crippen molar-refractivity contribution < 1.29 is 18.0 Å². The molecule has 148 valence electrons. The summed E-state index contributed by atoms with van der Waals surface area (Å²) >= 11 is 2.17. The lowest BCUT2D eigenvalue weighted by Crippen LogP contribution is -2.34. The van der Waals surface area contributed by atoms with Crippen LogP contribution in [0.4, 0.5) is 18.3 Å². The molecule has 0 aliphatic heterocycles. The van der Waals surface area contributed by atoms with Crippen molar-refractivity contribution in [1.29, 1.82) is 0 Å². The number of alkyl halides is 3. The van der Waals surface area contributed by atoms with Gasteiger partial charge in [-0.15, -0.1) is 10.2 Å². The van der Waals surface area contributed by atoms with E-state index in [4.69, 9.17) is 0 Å². The van der Waals surface area contributed by atoms with Gasteiger partial charge in [0.25, 0.3) is 0 Å². The third-order valence-electron chi connectivity index (χ3n) is 3.59. The molecule has 10 heteroatoms. The lowest BCUT2D eigenvalue weighted by Gasteiger charge is -2.20. The zero-order valence-corrected chi connectivity index (χ0v) is 16.5. The van der Waals surface area contributed by atoms with Gasteiger partial charge in [-0.1, -0.05) is 66.8 Å². The number of halogens is 3. The number of benzene rings is 1. The van der Waals surface area contributed by atoms with Gasteiger partial charge in [0.05, 0.1) is 11.3 Å². The number of carbonyl (C=O) groups is 1. The van der Waals surface area contributed by atoms with Crippen LogP contribution in [0, 0.1) is 0 Å². The van der Waals surface area contributed by atoms with Gasteiger partial charge >= 0.3 is 6.18 Å². The first-order chi connectivity index (χ1) is 12.8. The summed E-state index contributed by atoms with van der Waals surface area (Å²) in [4.78, 5) is 12.5. The highest BCUT2D eigenvalue weighted by Gasteiger charge is 2.27. The van der Waals surface area contributed by atoms with Crippen molar-refractivity contribution in [3.05, 3.63) is 35.9 Å². The fourth-order valence-electron chi connectivity index (χ4n) is 2.29. The average Bonchev–Trinajstić information content (AvgIpc) is 3.07. The van der Waals surface area contributed by atoms with Crippen LogP contribution in [-0.2, 0) is 4.79 Å². The number of amides is 1. The second-order valence-electron chi connectivity index (χ2n) is 5.86. The molecule has 2 atom stereocenters. The van der Waals surface area contributed by atoms with Crippen LogP contribution in [0.1, 0.15) is 38.3 Å². The Morgan fingerprint density at radius 1 is 1.26 bits per heavy atom. The molecule has 0 saturated heterocycles. The maximum Gasteiger partial charge on any atom is 0.405 e. The molecule has 0 spiro atoms. The van der Waals surface area contributed by atoms with E-state index in [0.29, 0.717) is 4.34 Å². The molecule has 2 N–H and O–H groups in total. The van der Waals surface area contributed by atoms with E-state index in [1.807, 2.05) is 30.3 Å². The number of thioether (sulfide) groups is 1. The number of carbonyl (C=O) groups excluding carboxylic acids is 1. The number of rotatable bonds is 9. The molecule has 1 amide bonds. The maximum atomic E-state index is 12.5. The van der Waals surface area contributed by atoms with Crippen LogP contribution in [0.25, 0.3) is 0 Å². The molecule has 1 aromatic carbocycles. The number of nitrogens with one attached hydrogen (secondary N) is 2. The molecule has 27 heavy (non-hydrogen) atoms. The lowest BCUT2D eigenvalue weighted by molar-refractivity contribution is -0.121. The van der Waals surface area contributed by atoms with E-state index in [9.17, 15) is 18.0 Å². The van der Waals surface area contributed by atoms with E-state index < -0.39 is 18.0 Å². The standard InChI is InChI=1S/C17H21F3N4OS2/c1-3-7-13(12-8-5-4-6-9-12)22-14(25)11(2)26-16-24-23-15(27-16)21-10-17(18,19)20/h4-6,8-9,11,13H,3,7,10H2,1-2H3,(H,21,23)(H,22,25). The Balaban J connectivity index is 1.92. The summed E-state index contributed by atoms with van der Waals surface area (Å²) in [6.07, 6.45) is -2.58. The van der Waals surface area contributed by atoms with Gasteiger partial charge in [0, 0.05) is 0 Å². The first-order valence-electron chi connectivity index (χ1n) is 8.44. The molecule has 0 fully saturated rings. The average molecular weight is 419 g/mol. The van der Waals surface area contributed by atoms with Crippen LogP contribution in [0.2, 0.25) is 0 Å². The van der Waals surface area contributed by atoms with Crippen molar-refractivity contribution >= 4 is 34.1 Å². The van der Waals surface area contributed by atoms with Gasteiger partial charge in [-0.05, 0) is 18.9 Å². The lowest BCUT2D eigenvalue weighted by atomic mass is 10.0. The second kappa shape index (κ2) is 9.93. The van der Waals surface area contributed by atoms with Crippen molar-refractivity contribution in [1.82, 2.24) is 15.5 Å². The van der Waals surface area contributed by atoms with Crippen LogP contribution < -0.4 is 10.6 Å². The van der Waals surface area contributed by atoms with Gasteiger partial charge < -0.3 is 10.6 Å². The molecule has 2 aromatic rings. The minimum absolute atomic E-state index is 0.0785. The quantitative estimate of drug-likeness (QED) is 0.580. The first kappa shape index (κ1) is 21.5. The molecule has 0 saturated carbocycles. The van der Waals surface area contributed by atoms with E-state index in [2.05, 4.69) is 27.8 Å². The van der Waals surface area contributed by atoms with Crippen LogP contribution in [0.5, 0.6) is 0 Å². The van der Waals surface area contributed by atoms with E-state index in [1.165, 1.54) is 11.8 Å². The van der Waals surface area contributed by atoms with Crippen LogP contribution in [-0.4, -0.2) is 34.1 Å². The fourth-order valence-corrected chi connectivity index (χ4v) is 4.20. The number of nitrogens with zero attached hydrogens (tertiary/aromatic N) is 2. The minimum atomic E-state index is -4.32. The van der Waals surface area contributed by atoms with E-state index >= 15 is 0 Å². The van der Waals surface area contributed by atoms with Crippen LogP contribution in [0.3, 0.4) is 0 Å². The molecule has 0 aliphatic rings. The molecule has 2 rings (SSSR count). The van der Waals surface area contributed by atoms with E-state index in [-0.39, 0.29) is 17.1 Å². The molecule has 1 aromatic heterocycles. The topological polar surface area (TPSA) is 66.9 Å². The molecular weight excluding hydrogens is 397 g/mol. The van der Waals surface area contributed by atoms with Crippen molar-refractivity contribution in [3.63, 3.8) is 0 Å². The van der Waals surface area contributed by atoms with Gasteiger partial charge in [-0.3, -0.25) is 4.79 Å². The maximum absolute atomic E-state index is 12.5. The Morgan fingerprint density at radius 3 is 2.59 bits per heavy atom. The third kappa shape index (κ3) is 7.37. The Morgan fingerprint density at radius 2 is 1.96 bits per heavy atom. The van der Waals surface area contributed by atoms with Gasteiger partial charge in [0.2, 0.25) is 11.0 Å². The highest BCUT2D eigenvalue weighted by Crippen LogP contribution is 2.30. The largest absolute Gasteiger partial charge is 0.405 e. The zero-order valence-electron chi connectivity index (χ0n) is 14.9. The smallest absolute Gasteiger partial charge is 0.351 e. The van der Waals surface area contributed by atoms with E-state index in [0.717, 1.165) is 29.7 Å². The fraction of sp³-hybridized carbons (Fsp3) is 0.471. The summed E-state index contributed by atoms with van der Waals surface area (Å²) in [6, 6.07) is 9.65. The van der Waals surface area contributed by atoms with E-state index in [1.54, 1.807) is 6.92 Å². The van der Waals surface area contributed by atoms with Gasteiger partial charge in [0.1, 0.15) is 6.54 Å². The Bertz CT molecular complexity index is 724. The first-order valence-corrected chi connectivity index (χ1v) is 10.1. The molecule has 0 radical (unpaired) electrons. The van der Waals surface area contributed by atoms with Crippen molar-refractivity contribution in [2.75, 3.05) is 11.9 Å². The number of anilines is 1. The summed E-state index contributed by atoms with van der Waals surface area (Å²) in [6.45, 7) is 2.62. The molecule has 0 aliphatic carbocycles. The normalized spacial score (nSPS) is 13.8. The zero-order chi connectivity index (χ0) is 19.9. The second-order valence-corrected chi connectivity index (χ2v) is 8.43. The van der Waals surface area contributed by atoms with Crippen molar-refractivity contribution in [2.24, 2.45) is 0 Å². The summed E-state index contributed by atoms with van der Waals surface area (Å²) in [7, 11) is 0. The van der Waals surface area contributed by atoms with Crippen LogP contribution >= 0.6 is 23.1 Å². The molecular formula is C17H21F3N4OS2. The van der Waals surface area contributed by atoms with Crippen LogP contribution in [0.15, 0.2) is 34.7 Å². The SMILES string of the molecule is CCCC(NC(=O)C(C)Sc1nnc(NCC(F)(F)F)s1)c1ccccc1. The van der Waals surface area contributed by atoms with Gasteiger partial charge in [0.15, 0.2) is 4.34 Å². The molecule has 2 unspecified atom stereocenters. The van der Waals surface area contributed by atoms with Crippen molar-refractivity contribution in [2.45, 2.75) is 48.5 Å². The summed E-state index contributed by atoms with van der Waals surface area (Å²) in [5.74, 6) is -0.151. The Labute approximate surface area is 164 Å². The molecule has 0 bridgehead atoms. The highest BCUT2D eigenvalue weighted by molar-refractivity contribution is 8.02. The van der Waals surface area contributed by atoms with Gasteiger partial charge in [-0.25, -0.2) is 0 Å². The summed E-state index contributed by atoms with van der Waals surface area (Å²) < 4.78 is 37.1. The number of hydrogen-bond acceptors (Lipinski definition) is 6. The third-order valence-corrected chi connectivity index (χ3v) is 5.65. The summed E-state index contributed by atoms with van der Waals surface area (Å²) in [5.41, 5.74) is 1.04. The Kier molecular flexibility index (Phi) is 7.91. The monoisotopic (exact) mass is 418 g/mol. The number of hydrogen-bond donors (Lipinski definition) is 2. The van der Waals surface area contributed by atoms with Gasteiger partial charge in [-0.2, -0.15) is 13.2 Å².